The van der Waals surface area contributed by atoms with Crippen molar-refractivity contribution in [3.63, 3.8) is 0 Å². The Labute approximate surface area is 74.7 Å². The second-order valence-corrected chi connectivity index (χ2v) is 3.62. The maximum Gasteiger partial charge on any atom is 0.132 e. The lowest BCUT2D eigenvalue weighted by Gasteiger charge is -2.21. The van der Waals surface area contributed by atoms with Crippen molar-refractivity contribution in [1.82, 2.24) is 5.32 Å². The maximum absolute atomic E-state index is 11.0. The monoisotopic (exact) mass is 169 g/mol. The lowest BCUT2D eigenvalue weighted by molar-refractivity contribution is -0.119. The number of rotatable bonds is 4. The third-order valence-electron chi connectivity index (χ3n) is 2.68. The molecule has 1 aliphatic rings. The van der Waals surface area contributed by atoms with E-state index in [2.05, 4.69) is 5.32 Å². The van der Waals surface area contributed by atoms with Crippen LogP contribution in [0.5, 0.6) is 0 Å². The summed E-state index contributed by atoms with van der Waals surface area (Å²) in [5, 5.41) is 3.33. The number of ketones is 1. The molecule has 0 bridgehead atoms. The molecule has 2 heteroatoms. The van der Waals surface area contributed by atoms with Gasteiger partial charge in [0.05, 0.1) is 0 Å². The van der Waals surface area contributed by atoms with Crippen LogP contribution in [0.3, 0.4) is 0 Å². The number of nitrogens with one attached hydrogen (secondary N) is 1. The molecular weight excluding hydrogens is 150 g/mol. The van der Waals surface area contributed by atoms with Crippen LogP contribution in [0.2, 0.25) is 0 Å². The highest BCUT2D eigenvalue weighted by molar-refractivity contribution is 5.77. The lowest BCUT2D eigenvalue weighted by Crippen LogP contribution is -2.27. The molecule has 0 radical (unpaired) electrons. The first kappa shape index (κ1) is 9.72. The van der Waals surface area contributed by atoms with E-state index in [4.69, 9.17) is 0 Å². The van der Waals surface area contributed by atoms with E-state index in [0.717, 1.165) is 31.8 Å². The van der Waals surface area contributed by atoms with Crippen molar-refractivity contribution in [3.8, 4) is 0 Å². The summed E-state index contributed by atoms with van der Waals surface area (Å²) < 4.78 is 0. The van der Waals surface area contributed by atoms with E-state index in [0.29, 0.717) is 12.2 Å². The Morgan fingerprint density at radius 3 is 2.67 bits per heavy atom. The molecule has 1 aliphatic heterocycles. The van der Waals surface area contributed by atoms with Crippen molar-refractivity contribution in [2.45, 2.75) is 39.0 Å². The van der Waals surface area contributed by atoms with Crippen molar-refractivity contribution >= 4 is 5.78 Å². The molecule has 2 nitrogen and oxygen atoms in total. The van der Waals surface area contributed by atoms with E-state index < -0.39 is 0 Å². The predicted octanol–water partition coefficient (Wildman–Crippen LogP) is 1.75. The topological polar surface area (TPSA) is 29.1 Å². The van der Waals surface area contributed by atoms with Gasteiger partial charge in [0, 0.05) is 12.8 Å². The molecule has 0 atom stereocenters. The first-order valence-corrected chi connectivity index (χ1v) is 5.05. The van der Waals surface area contributed by atoms with Crippen LogP contribution in [0.15, 0.2) is 0 Å². The summed E-state index contributed by atoms with van der Waals surface area (Å²) in [5.41, 5.74) is 0. The fraction of sp³-hybridized carbons (Fsp3) is 0.900. The van der Waals surface area contributed by atoms with Gasteiger partial charge in [0.15, 0.2) is 0 Å². The third kappa shape index (κ3) is 3.35. The van der Waals surface area contributed by atoms with E-state index >= 15 is 0 Å². The normalized spacial score (nSPS) is 19.4. The Balaban J connectivity index is 2.09. The number of carbonyl (C=O) groups excluding carboxylic acids is 1. The smallest absolute Gasteiger partial charge is 0.132 e. The van der Waals surface area contributed by atoms with Gasteiger partial charge < -0.3 is 5.32 Å². The highest BCUT2D eigenvalue weighted by Crippen LogP contribution is 2.17. The molecule has 0 aromatic rings. The van der Waals surface area contributed by atoms with E-state index in [-0.39, 0.29) is 0 Å². The molecule has 0 spiro atoms. The Bertz CT molecular complexity index is 139. The van der Waals surface area contributed by atoms with Crippen molar-refractivity contribution in [1.29, 1.82) is 0 Å². The fourth-order valence-electron chi connectivity index (χ4n) is 1.71. The number of carbonyl (C=O) groups is 1. The summed E-state index contributed by atoms with van der Waals surface area (Å²) >= 11 is 0. The van der Waals surface area contributed by atoms with Gasteiger partial charge in [0.25, 0.3) is 0 Å². The molecule has 70 valence electrons. The molecule has 1 heterocycles. The van der Waals surface area contributed by atoms with Gasteiger partial charge in [-0.1, -0.05) is 6.92 Å². The van der Waals surface area contributed by atoms with Gasteiger partial charge in [-0.2, -0.15) is 0 Å². The second kappa shape index (κ2) is 5.31. The zero-order chi connectivity index (χ0) is 8.81. The van der Waals surface area contributed by atoms with Gasteiger partial charge in [-0.05, 0) is 38.3 Å². The van der Waals surface area contributed by atoms with Gasteiger partial charge in [-0.25, -0.2) is 0 Å². The fourth-order valence-corrected chi connectivity index (χ4v) is 1.71. The van der Waals surface area contributed by atoms with Gasteiger partial charge in [-0.3, -0.25) is 4.79 Å². The first-order chi connectivity index (χ1) is 5.83. The molecule has 0 aliphatic carbocycles. The van der Waals surface area contributed by atoms with Crippen LogP contribution in [0.25, 0.3) is 0 Å². The van der Waals surface area contributed by atoms with E-state index in [1.54, 1.807) is 0 Å². The molecule has 12 heavy (non-hydrogen) atoms. The van der Waals surface area contributed by atoms with Gasteiger partial charge >= 0.3 is 0 Å². The lowest BCUT2D eigenvalue weighted by atomic mass is 9.92. The standard InChI is InChI=1S/C10H19NO/c1-2-10(12)4-3-9-5-7-11-8-6-9/h9,11H,2-8H2,1H3. The van der Waals surface area contributed by atoms with Crippen LogP contribution >= 0.6 is 0 Å². The van der Waals surface area contributed by atoms with Crippen molar-refractivity contribution in [3.05, 3.63) is 0 Å². The largest absolute Gasteiger partial charge is 0.317 e. The summed E-state index contributed by atoms with van der Waals surface area (Å²) in [6, 6.07) is 0. The van der Waals surface area contributed by atoms with Crippen LogP contribution in [-0.4, -0.2) is 18.9 Å². The molecule has 0 unspecified atom stereocenters. The molecule has 0 aromatic heterocycles. The number of Topliss-reactive ketones (excluding diaryl/α,β-unsaturated/α-hetero) is 1. The molecule has 1 fully saturated rings. The maximum atomic E-state index is 11.0. The van der Waals surface area contributed by atoms with Crippen molar-refractivity contribution in [2.24, 2.45) is 5.92 Å². The first-order valence-electron chi connectivity index (χ1n) is 5.05. The van der Waals surface area contributed by atoms with E-state index in [1.807, 2.05) is 6.92 Å². The minimum atomic E-state index is 0.425. The van der Waals surface area contributed by atoms with Gasteiger partial charge in [-0.15, -0.1) is 0 Å². The van der Waals surface area contributed by atoms with E-state index in [9.17, 15) is 4.79 Å². The number of hydrogen-bond donors (Lipinski definition) is 1. The Morgan fingerprint density at radius 1 is 1.42 bits per heavy atom. The zero-order valence-corrected chi connectivity index (χ0v) is 7.94. The van der Waals surface area contributed by atoms with Gasteiger partial charge in [0.1, 0.15) is 5.78 Å². The number of piperidine rings is 1. The highest BCUT2D eigenvalue weighted by Gasteiger charge is 2.13. The van der Waals surface area contributed by atoms with Crippen molar-refractivity contribution < 1.29 is 4.79 Å². The minimum absolute atomic E-state index is 0.425. The van der Waals surface area contributed by atoms with Crippen LogP contribution in [0.4, 0.5) is 0 Å². The quantitative estimate of drug-likeness (QED) is 0.694. The molecule has 1 saturated heterocycles. The molecule has 0 aromatic carbocycles. The van der Waals surface area contributed by atoms with Crippen LogP contribution in [-0.2, 0) is 4.79 Å². The zero-order valence-electron chi connectivity index (χ0n) is 7.94. The highest BCUT2D eigenvalue weighted by atomic mass is 16.1. The Morgan fingerprint density at radius 2 is 2.08 bits per heavy atom. The Kier molecular flexibility index (Phi) is 4.30. The van der Waals surface area contributed by atoms with Gasteiger partial charge in [0.2, 0.25) is 0 Å². The summed E-state index contributed by atoms with van der Waals surface area (Å²) in [4.78, 5) is 11.0. The molecular formula is C10H19NO. The summed E-state index contributed by atoms with van der Waals surface area (Å²) in [6.07, 6.45) is 5.16. The minimum Gasteiger partial charge on any atom is -0.317 e. The average Bonchev–Trinajstić information content (AvgIpc) is 2.16. The summed E-state index contributed by atoms with van der Waals surface area (Å²) in [5.74, 6) is 1.23. The predicted molar refractivity (Wildman–Crippen MR) is 50.1 cm³/mol. The van der Waals surface area contributed by atoms with Crippen molar-refractivity contribution in [2.75, 3.05) is 13.1 Å². The third-order valence-corrected chi connectivity index (χ3v) is 2.68. The van der Waals surface area contributed by atoms with Crippen LogP contribution < -0.4 is 5.32 Å². The summed E-state index contributed by atoms with van der Waals surface area (Å²) in [7, 11) is 0. The summed E-state index contributed by atoms with van der Waals surface area (Å²) in [6.45, 7) is 4.24. The SMILES string of the molecule is CCC(=O)CCC1CCNCC1. The number of hydrogen-bond acceptors (Lipinski definition) is 2. The van der Waals surface area contributed by atoms with Crippen LogP contribution in [0, 0.1) is 5.92 Å². The molecule has 0 saturated carbocycles. The second-order valence-electron chi connectivity index (χ2n) is 3.62. The molecule has 1 rings (SSSR count). The molecule has 1 N–H and O–H groups in total. The van der Waals surface area contributed by atoms with E-state index in [1.165, 1.54) is 12.8 Å². The van der Waals surface area contributed by atoms with Crippen LogP contribution in [0.1, 0.15) is 39.0 Å². The molecule has 0 amide bonds. The Hall–Kier alpha value is -0.370. The average molecular weight is 169 g/mol.